The van der Waals surface area contributed by atoms with Crippen LogP contribution in [0, 0.1) is 0 Å². The number of carbonyl (C=O) groups excluding carboxylic acids is 2. The van der Waals surface area contributed by atoms with E-state index in [2.05, 4.69) is 0 Å². The van der Waals surface area contributed by atoms with Gasteiger partial charge in [-0.25, -0.2) is 4.79 Å². The summed E-state index contributed by atoms with van der Waals surface area (Å²) in [6, 6.07) is 18.4. The monoisotopic (exact) mass is 358 g/mol. The molecule has 0 atom stereocenters. The molecule has 1 aliphatic rings. The van der Waals surface area contributed by atoms with Crippen LogP contribution in [0.5, 0.6) is 0 Å². The van der Waals surface area contributed by atoms with E-state index in [0.29, 0.717) is 30.1 Å². The standard InChI is InChI=1S/C23H18O4/c1-2-26-23(25)16-9-7-15(8-10-16)21-12-11-19(27-21)14-18-13-17-5-3-4-6-20(17)22(18)24/h3-12,14H,2,13H2,1H3/b18-14+. The van der Waals surface area contributed by atoms with Crippen molar-refractivity contribution in [3.8, 4) is 11.3 Å². The molecule has 0 saturated heterocycles. The Balaban J connectivity index is 1.54. The number of ketones is 1. The lowest BCUT2D eigenvalue weighted by Crippen LogP contribution is -2.03. The Morgan fingerprint density at radius 3 is 2.59 bits per heavy atom. The van der Waals surface area contributed by atoms with Gasteiger partial charge in [0.25, 0.3) is 0 Å². The third-order valence-electron chi connectivity index (χ3n) is 4.56. The summed E-state index contributed by atoms with van der Waals surface area (Å²) in [5, 5.41) is 0. The molecule has 4 rings (SSSR count). The minimum atomic E-state index is -0.340. The number of hydrogen-bond acceptors (Lipinski definition) is 4. The molecule has 3 aromatic rings. The van der Waals surface area contributed by atoms with E-state index in [0.717, 1.165) is 22.3 Å². The number of rotatable bonds is 4. The maximum Gasteiger partial charge on any atom is 0.338 e. The van der Waals surface area contributed by atoms with Gasteiger partial charge in [0.1, 0.15) is 11.5 Å². The van der Waals surface area contributed by atoms with Crippen molar-refractivity contribution < 1.29 is 18.7 Å². The van der Waals surface area contributed by atoms with E-state index in [-0.39, 0.29) is 11.8 Å². The molecule has 0 radical (unpaired) electrons. The summed E-state index contributed by atoms with van der Waals surface area (Å²) in [5.74, 6) is 1.03. The average molecular weight is 358 g/mol. The maximum atomic E-state index is 12.5. The second-order valence-electron chi connectivity index (χ2n) is 6.33. The first-order valence-corrected chi connectivity index (χ1v) is 8.86. The molecule has 1 heterocycles. The number of Topliss-reactive ketones (excluding diaryl/α,β-unsaturated/α-hetero) is 1. The van der Waals surface area contributed by atoms with Crippen LogP contribution in [0.15, 0.2) is 70.7 Å². The lowest BCUT2D eigenvalue weighted by molar-refractivity contribution is 0.0526. The van der Waals surface area contributed by atoms with Gasteiger partial charge in [0.2, 0.25) is 0 Å². The normalized spacial score (nSPS) is 14.4. The second-order valence-corrected chi connectivity index (χ2v) is 6.33. The number of benzene rings is 2. The van der Waals surface area contributed by atoms with Crippen molar-refractivity contribution in [1.82, 2.24) is 0 Å². The summed E-state index contributed by atoms with van der Waals surface area (Å²) in [4.78, 5) is 24.2. The molecule has 1 aromatic heterocycles. The van der Waals surface area contributed by atoms with Gasteiger partial charge in [-0.2, -0.15) is 0 Å². The number of ether oxygens (including phenoxy) is 1. The van der Waals surface area contributed by atoms with Gasteiger partial charge >= 0.3 is 5.97 Å². The minimum absolute atomic E-state index is 0.0577. The van der Waals surface area contributed by atoms with Crippen molar-refractivity contribution in [2.45, 2.75) is 13.3 Å². The molecule has 0 N–H and O–H groups in total. The molecule has 0 spiro atoms. The summed E-state index contributed by atoms with van der Waals surface area (Å²) in [5.41, 5.74) is 3.91. The number of furan rings is 1. The quantitative estimate of drug-likeness (QED) is 0.489. The molecule has 0 saturated carbocycles. The Morgan fingerprint density at radius 2 is 1.85 bits per heavy atom. The summed E-state index contributed by atoms with van der Waals surface area (Å²) in [7, 11) is 0. The van der Waals surface area contributed by atoms with Crippen LogP contribution >= 0.6 is 0 Å². The molecule has 1 aliphatic carbocycles. The Kier molecular flexibility index (Phi) is 4.47. The first-order valence-electron chi connectivity index (χ1n) is 8.86. The zero-order valence-electron chi connectivity index (χ0n) is 14.9. The highest BCUT2D eigenvalue weighted by atomic mass is 16.5. The fraction of sp³-hybridized carbons (Fsp3) is 0.130. The molecule has 0 amide bonds. The van der Waals surface area contributed by atoms with Gasteiger partial charge in [0.15, 0.2) is 5.78 Å². The molecule has 0 fully saturated rings. The SMILES string of the molecule is CCOC(=O)c1ccc(-c2ccc(/C=C3\Cc4ccccc4C3=O)o2)cc1. The van der Waals surface area contributed by atoms with Crippen LogP contribution in [0.25, 0.3) is 17.4 Å². The summed E-state index contributed by atoms with van der Waals surface area (Å²) in [6.45, 7) is 2.12. The van der Waals surface area contributed by atoms with Gasteiger partial charge in [-0.15, -0.1) is 0 Å². The van der Waals surface area contributed by atoms with Gasteiger partial charge < -0.3 is 9.15 Å². The fourth-order valence-electron chi connectivity index (χ4n) is 3.21. The van der Waals surface area contributed by atoms with Gasteiger partial charge in [-0.05, 0) is 42.8 Å². The second kappa shape index (κ2) is 7.08. The lowest BCUT2D eigenvalue weighted by atomic mass is 10.1. The number of esters is 1. The van der Waals surface area contributed by atoms with Crippen LogP contribution < -0.4 is 0 Å². The zero-order chi connectivity index (χ0) is 18.8. The average Bonchev–Trinajstić information content (AvgIpc) is 3.28. The molecule has 134 valence electrons. The van der Waals surface area contributed by atoms with E-state index in [4.69, 9.17) is 9.15 Å². The predicted octanol–water partition coefficient (Wildman–Crippen LogP) is 4.95. The van der Waals surface area contributed by atoms with Crippen LogP contribution in [0.1, 0.15) is 39.0 Å². The molecule has 4 heteroatoms. The van der Waals surface area contributed by atoms with Crippen molar-refractivity contribution in [1.29, 1.82) is 0 Å². The molecule has 27 heavy (non-hydrogen) atoms. The van der Waals surface area contributed by atoms with Crippen LogP contribution in [-0.2, 0) is 11.2 Å². The van der Waals surface area contributed by atoms with Crippen LogP contribution in [0.2, 0.25) is 0 Å². The Morgan fingerprint density at radius 1 is 1.07 bits per heavy atom. The summed E-state index contributed by atoms with van der Waals surface area (Å²) < 4.78 is 10.9. The lowest BCUT2D eigenvalue weighted by Gasteiger charge is -2.02. The molecule has 0 bridgehead atoms. The highest BCUT2D eigenvalue weighted by Gasteiger charge is 2.24. The van der Waals surface area contributed by atoms with Gasteiger partial charge in [0, 0.05) is 23.1 Å². The molecular formula is C23H18O4. The Bertz CT molecular complexity index is 1040. The van der Waals surface area contributed by atoms with Gasteiger partial charge in [0.05, 0.1) is 12.2 Å². The van der Waals surface area contributed by atoms with E-state index >= 15 is 0 Å². The number of hydrogen-bond donors (Lipinski definition) is 0. The molecular weight excluding hydrogens is 340 g/mol. The van der Waals surface area contributed by atoms with Crippen LogP contribution in [0.3, 0.4) is 0 Å². The molecule has 4 nitrogen and oxygen atoms in total. The van der Waals surface area contributed by atoms with E-state index in [1.807, 2.05) is 48.5 Å². The Hall–Kier alpha value is -3.40. The van der Waals surface area contributed by atoms with Crippen molar-refractivity contribution in [3.05, 3.63) is 88.7 Å². The van der Waals surface area contributed by atoms with Crippen molar-refractivity contribution >= 4 is 17.8 Å². The maximum absolute atomic E-state index is 12.5. The highest BCUT2D eigenvalue weighted by Crippen LogP contribution is 2.29. The zero-order valence-corrected chi connectivity index (χ0v) is 14.9. The van der Waals surface area contributed by atoms with Crippen LogP contribution in [0.4, 0.5) is 0 Å². The van der Waals surface area contributed by atoms with Crippen molar-refractivity contribution in [3.63, 3.8) is 0 Å². The third-order valence-corrected chi connectivity index (χ3v) is 4.56. The number of carbonyl (C=O) groups is 2. The fourth-order valence-corrected chi connectivity index (χ4v) is 3.21. The molecule has 0 aliphatic heterocycles. The van der Waals surface area contributed by atoms with Crippen molar-refractivity contribution in [2.75, 3.05) is 6.61 Å². The predicted molar refractivity (Wildman–Crippen MR) is 103 cm³/mol. The van der Waals surface area contributed by atoms with Crippen LogP contribution in [-0.4, -0.2) is 18.4 Å². The number of allylic oxidation sites excluding steroid dienone is 1. The van der Waals surface area contributed by atoms with Crippen molar-refractivity contribution in [2.24, 2.45) is 0 Å². The van der Waals surface area contributed by atoms with Gasteiger partial charge in [-0.1, -0.05) is 36.4 Å². The molecule has 0 unspecified atom stereocenters. The largest absolute Gasteiger partial charge is 0.462 e. The van der Waals surface area contributed by atoms with E-state index < -0.39 is 0 Å². The minimum Gasteiger partial charge on any atom is -0.462 e. The topological polar surface area (TPSA) is 56.5 Å². The smallest absolute Gasteiger partial charge is 0.338 e. The van der Waals surface area contributed by atoms with E-state index in [1.54, 1.807) is 25.1 Å². The van der Waals surface area contributed by atoms with E-state index in [9.17, 15) is 9.59 Å². The number of fused-ring (bicyclic) bond motifs is 1. The third kappa shape index (κ3) is 3.34. The molecule has 2 aromatic carbocycles. The summed E-state index contributed by atoms with van der Waals surface area (Å²) >= 11 is 0. The van der Waals surface area contributed by atoms with E-state index in [1.165, 1.54) is 0 Å². The highest BCUT2D eigenvalue weighted by molar-refractivity contribution is 6.15. The first kappa shape index (κ1) is 17.0. The Labute approximate surface area is 157 Å². The first-order chi connectivity index (χ1) is 13.2. The summed E-state index contributed by atoms with van der Waals surface area (Å²) in [6.07, 6.45) is 2.43. The van der Waals surface area contributed by atoms with Gasteiger partial charge in [-0.3, -0.25) is 4.79 Å².